The molecular formula is C31H26. The van der Waals surface area contributed by atoms with Gasteiger partial charge < -0.3 is 0 Å². The molecule has 0 aromatic heterocycles. The van der Waals surface area contributed by atoms with Crippen LogP contribution in [0.15, 0.2) is 115 Å². The van der Waals surface area contributed by atoms with E-state index in [0.29, 0.717) is 5.92 Å². The van der Waals surface area contributed by atoms with Crippen LogP contribution in [0.2, 0.25) is 0 Å². The predicted molar refractivity (Wildman–Crippen MR) is 134 cm³/mol. The number of hydrogen-bond acceptors (Lipinski definition) is 0. The molecule has 0 amide bonds. The van der Waals surface area contributed by atoms with Crippen molar-refractivity contribution in [2.45, 2.75) is 19.8 Å². The fourth-order valence-corrected chi connectivity index (χ4v) is 4.34. The summed E-state index contributed by atoms with van der Waals surface area (Å²) in [6.45, 7) is 4.48. The second-order valence-corrected chi connectivity index (χ2v) is 8.43. The van der Waals surface area contributed by atoms with E-state index in [1.54, 1.807) is 0 Å². The molecule has 0 heterocycles. The summed E-state index contributed by atoms with van der Waals surface area (Å²) in [7, 11) is 0. The van der Waals surface area contributed by atoms with Crippen LogP contribution in [0, 0.1) is 0 Å². The SMILES string of the molecule is CC(C)c1ccc(-c2cccc3cccc(-c4ccc(-c5ccccc5)cc4)c23)cc1. The van der Waals surface area contributed by atoms with E-state index in [4.69, 9.17) is 0 Å². The van der Waals surface area contributed by atoms with Gasteiger partial charge in [-0.3, -0.25) is 0 Å². The summed E-state index contributed by atoms with van der Waals surface area (Å²) in [5.74, 6) is 0.542. The Hall–Kier alpha value is -3.64. The summed E-state index contributed by atoms with van der Waals surface area (Å²) in [5, 5.41) is 2.59. The van der Waals surface area contributed by atoms with E-state index in [1.807, 2.05) is 0 Å². The highest BCUT2D eigenvalue weighted by Crippen LogP contribution is 2.37. The van der Waals surface area contributed by atoms with Gasteiger partial charge in [0.15, 0.2) is 0 Å². The molecule has 5 aromatic carbocycles. The summed E-state index contributed by atoms with van der Waals surface area (Å²) in [6, 6.07) is 41.8. The van der Waals surface area contributed by atoms with Crippen molar-refractivity contribution in [1.29, 1.82) is 0 Å². The number of benzene rings is 5. The summed E-state index contributed by atoms with van der Waals surface area (Å²) in [4.78, 5) is 0. The molecule has 31 heavy (non-hydrogen) atoms. The molecule has 0 aliphatic carbocycles. The summed E-state index contributed by atoms with van der Waals surface area (Å²) in [5.41, 5.74) is 8.95. The molecule has 0 saturated heterocycles. The molecule has 5 rings (SSSR count). The monoisotopic (exact) mass is 398 g/mol. The zero-order valence-electron chi connectivity index (χ0n) is 18.0. The molecule has 0 unspecified atom stereocenters. The van der Waals surface area contributed by atoms with Gasteiger partial charge in [-0.15, -0.1) is 0 Å². The second kappa shape index (κ2) is 8.24. The highest BCUT2D eigenvalue weighted by atomic mass is 14.1. The zero-order valence-corrected chi connectivity index (χ0v) is 18.0. The Bertz CT molecular complexity index is 1300. The molecule has 0 atom stereocenters. The summed E-state index contributed by atoms with van der Waals surface area (Å²) < 4.78 is 0. The molecule has 0 nitrogen and oxygen atoms in total. The molecule has 0 heteroatoms. The van der Waals surface area contributed by atoms with Crippen molar-refractivity contribution >= 4 is 10.8 Å². The number of hydrogen-bond donors (Lipinski definition) is 0. The van der Waals surface area contributed by atoms with Crippen LogP contribution in [-0.4, -0.2) is 0 Å². The molecule has 0 fully saturated rings. The van der Waals surface area contributed by atoms with Gasteiger partial charge in [-0.1, -0.05) is 129 Å². The maximum atomic E-state index is 2.26. The van der Waals surface area contributed by atoms with E-state index in [-0.39, 0.29) is 0 Å². The highest BCUT2D eigenvalue weighted by molar-refractivity contribution is 6.06. The van der Waals surface area contributed by atoms with Crippen LogP contribution < -0.4 is 0 Å². The van der Waals surface area contributed by atoms with Gasteiger partial charge in [-0.25, -0.2) is 0 Å². The van der Waals surface area contributed by atoms with E-state index in [1.165, 1.54) is 49.7 Å². The van der Waals surface area contributed by atoms with Crippen molar-refractivity contribution < 1.29 is 0 Å². The fraction of sp³-hybridized carbons (Fsp3) is 0.0968. The first kappa shape index (κ1) is 19.3. The third-order valence-electron chi connectivity index (χ3n) is 6.10. The molecule has 0 saturated carbocycles. The number of rotatable bonds is 4. The topological polar surface area (TPSA) is 0 Å². The van der Waals surface area contributed by atoms with Gasteiger partial charge >= 0.3 is 0 Å². The largest absolute Gasteiger partial charge is 0.0622 e. The average Bonchev–Trinajstić information content (AvgIpc) is 2.84. The van der Waals surface area contributed by atoms with Crippen LogP contribution in [0.4, 0.5) is 0 Å². The van der Waals surface area contributed by atoms with E-state index < -0.39 is 0 Å². The lowest BCUT2D eigenvalue weighted by atomic mass is 9.90. The molecule has 0 N–H and O–H groups in total. The van der Waals surface area contributed by atoms with Crippen molar-refractivity contribution in [3.63, 3.8) is 0 Å². The predicted octanol–water partition coefficient (Wildman–Crippen LogP) is 8.96. The third kappa shape index (κ3) is 3.78. The van der Waals surface area contributed by atoms with Gasteiger partial charge in [0, 0.05) is 0 Å². The van der Waals surface area contributed by atoms with Crippen LogP contribution in [0.3, 0.4) is 0 Å². The first-order valence-corrected chi connectivity index (χ1v) is 11.0. The number of fused-ring (bicyclic) bond motifs is 1. The zero-order chi connectivity index (χ0) is 21.2. The molecule has 0 spiro atoms. The Morgan fingerprint density at radius 1 is 0.419 bits per heavy atom. The Balaban J connectivity index is 1.63. The molecule has 0 bridgehead atoms. The van der Waals surface area contributed by atoms with Crippen LogP contribution in [0.1, 0.15) is 25.3 Å². The lowest BCUT2D eigenvalue weighted by molar-refractivity contribution is 0.867. The Kier molecular flexibility index (Phi) is 5.14. The third-order valence-corrected chi connectivity index (χ3v) is 6.10. The normalized spacial score (nSPS) is 11.2. The standard InChI is InChI=1S/C31H26/c1-22(2)23-14-18-26(19-15-23)29-12-6-10-28-11-7-13-30(31(28)29)27-20-16-25(17-21-27)24-8-4-3-5-9-24/h3-22H,1-2H3. The van der Waals surface area contributed by atoms with Crippen molar-refractivity contribution in [2.75, 3.05) is 0 Å². The minimum absolute atomic E-state index is 0.542. The van der Waals surface area contributed by atoms with Crippen molar-refractivity contribution in [3.8, 4) is 33.4 Å². The van der Waals surface area contributed by atoms with Crippen molar-refractivity contribution in [3.05, 3.63) is 121 Å². The van der Waals surface area contributed by atoms with Crippen LogP contribution >= 0.6 is 0 Å². The van der Waals surface area contributed by atoms with Gasteiger partial charge in [-0.2, -0.15) is 0 Å². The van der Waals surface area contributed by atoms with E-state index >= 15 is 0 Å². The maximum Gasteiger partial charge on any atom is -0.00268 e. The van der Waals surface area contributed by atoms with Gasteiger partial charge in [0.1, 0.15) is 0 Å². The Labute approximate surface area is 184 Å². The summed E-state index contributed by atoms with van der Waals surface area (Å²) >= 11 is 0. The van der Waals surface area contributed by atoms with Crippen LogP contribution in [0.5, 0.6) is 0 Å². The average molecular weight is 399 g/mol. The molecule has 150 valence electrons. The Morgan fingerprint density at radius 3 is 1.45 bits per heavy atom. The maximum absolute atomic E-state index is 2.26. The van der Waals surface area contributed by atoms with Gasteiger partial charge in [-0.05, 0) is 55.6 Å². The van der Waals surface area contributed by atoms with Crippen molar-refractivity contribution in [1.82, 2.24) is 0 Å². The molecule has 0 aliphatic rings. The fourth-order valence-electron chi connectivity index (χ4n) is 4.34. The highest BCUT2D eigenvalue weighted by Gasteiger charge is 2.11. The minimum Gasteiger partial charge on any atom is -0.0622 e. The lowest BCUT2D eigenvalue weighted by Crippen LogP contribution is -1.89. The lowest BCUT2D eigenvalue weighted by Gasteiger charge is -2.14. The van der Waals surface area contributed by atoms with E-state index in [0.717, 1.165) is 0 Å². The first-order chi connectivity index (χ1) is 15.2. The molecule has 0 aliphatic heterocycles. The minimum atomic E-state index is 0.542. The quantitative estimate of drug-likeness (QED) is 0.283. The summed E-state index contributed by atoms with van der Waals surface area (Å²) in [6.07, 6.45) is 0. The van der Waals surface area contributed by atoms with Crippen molar-refractivity contribution in [2.24, 2.45) is 0 Å². The molecule has 0 radical (unpaired) electrons. The first-order valence-electron chi connectivity index (χ1n) is 11.0. The van der Waals surface area contributed by atoms with E-state index in [9.17, 15) is 0 Å². The molecular weight excluding hydrogens is 372 g/mol. The van der Waals surface area contributed by atoms with Crippen LogP contribution in [-0.2, 0) is 0 Å². The second-order valence-electron chi connectivity index (χ2n) is 8.43. The smallest absolute Gasteiger partial charge is 0.00268 e. The van der Waals surface area contributed by atoms with Gasteiger partial charge in [0.2, 0.25) is 0 Å². The van der Waals surface area contributed by atoms with Gasteiger partial charge in [0.25, 0.3) is 0 Å². The van der Waals surface area contributed by atoms with Crippen LogP contribution in [0.25, 0.3) is 44.2 Å². The van der Waals surface area contributed by atoms with E-state index in [2.05, 4.69) is 129 Å². The molecule has 5 aromatic rings. The van der Waals surface area contributed by atoms with Gasteiger partial charge in [0.05, 0.1) is 0 Å². The Morgan fingerprint density at radius 2 is 0.903 bits per heavy atom.